The van der Waals surface area contributed by atoms with E-state index in [4.69, 9.17) is 8.92 Å². The molecule has 0 spiro atoms. The number of nitrogens with one attached hydrogen (secondary N) is 1. The lowest BCUT2D eigenvalue weighted by Crippen LogP contribution is -2.40. The SMILES string of the molecule is C=CCCCCc1cc(F)cc(C)c1-c1cc(C2CC2)c(F)c([C@H](CC(=O)OCC)NC(=O)[C@@H](CC=C)OS(C)(=O)=O)c1. The first-order chi connectivity index (χ1) is 20.4. The van der Waals surface area contributed by atoms with E-state index in [2.05, 4.69) is 18.5 Å². The summed E-state index contributed by atoms with van der Waals surface area (Å²) < 4.78 is 64.5. The lowest BCUT2D eigenvalue weighted by atomic mass is 9.87. The van der Waals surface area contributed by atoms with Crippen molar-refractivity contribution in [1.82, 2.24) is 5.32 Å². The van der Waals surface area contributed by atoms with Gasteiger partial charge in [0.1, 0.15) is 11.6 Å². The normalized spacial score (nSPS) is 14.5. The van der Waals surface area contributed by atoms with Crippen LogP contribution in [0.15, 0.2) is 49.6 Å². The van der Waals surface area contributed by atoms with Gasteiger partial charge in [-0.1, -0.05) is 12.2 Å². The Balaban J connectivity index is 2.15. The van der Waals surface area contributed by atoms with Crippen LogP contribution in [0.25, 0.3) is 11.1 Å². The molecule has 1 aliphatic carbocycles. The molecule has 0 saturated heterocycles. The fourth-order valence-corrected chi connectivity index (χ4v) is 5.82. The summed E-state index contributed by atoms with van der Waals surface area (Å²) in [5.74, 6) is -2.47. The second-order valence-electron chi connectivity index (χ2n) is 10.9. The Bertz CT molecular complexity index is 1450. The van der Waals surface area contributed by atoms with E-state index in [0.29, 0.717) is 23.1 Å². The van der Waals surface area contributed by atoms with Crippen LogP contribution in [-0.2, 0) is 35.0 Å². The van der Waals surface area contributed by atoms with Crippen LogP contribution in [0.1, 0.15) is 86.1 Å². The van der Waals surface area contributed by atoms with Crippen molar-refractivity contribution in [3.8, 4) is 11.1 Å². The maximum Gasteiger partial charge on any atom is 0.308 e. The van der Waals surface area contributed by atoms with Crippen LogP contribution in [0, 0.1) is 18.6 Å². The molecule has 1 aliphatic rings. The molecule has 0 bridgehead atoms. The van der Waals surface area contributed by atoms with Crippen molar-refractivity contribution in [2.75, 3.05) is 12.9 Å². The van der Waals surface area contributed by atoms with Gasteiger partial charge < -0.3 is 10.1 Å². The minimum absolute atomic E-state index is 0.0310. The number of ether oxygens (including phenoxy) is 1. The lowest BCUT2D eigenvalue weighted by molar-refractivity contribution is -0.144. The van der Waals surface area contributed by atoms with Gasteiger partial charge in [-0.25, -0.2) is 8.78 Å². The standard InChI is InChI=1S/C33H41F2NO6S/c1-6-9-10-11-13-23-17-25(34)16-21(4)31(23)24-18-26(22-14-15-22)32(35)27(19-24)28(20-30(37)41-8-3)36-33(38)29(12-7-2)42-43(5,39)40/h6-7,16-19,22,28-29H,1-2,8-15,20H2,3-5H3,(H,36,38)/t28-,29+/m0/s1. The van der Waals surface area contributed by atoms with Crippen molar-refractivity contribution in [3.05, 3.63) is 83.5 Å². The van der Waals surface area contributed by atoms with Gasteiger partial charge >= 0.3 is 5.97 Å². The smallest absolute Gasteiger partial charge is 0.308 e. The summed E-state index contributed by atoms with van der Waals surface area (Å²) in [7, 11) is -4.02. The molecule has 1 saturated carbocycles. The third kappa shape index (κ3) is 9.83. The molecule has 0 radical (unpaired) electrons. The fraction of sp³-hybridized carbons (Fsp3) is 0.455. The van der Waals surface area contributed by atoms with Gasteiger partial charge in [-0.2, -0.15) is 8.42 Å². The summed E-state index contributed by atoms with van der Waals surface area (Å²) in [5.41, 5.74) is 3.38. The maximum absolute atomic E-state index is 16.3. The van der Waals surface area contributed by atoms with E-state index in [9.17, 15) is 22.4 Å². The Morgan fingerprint density at radius 2 is 1.84 bits per heavy atom. The summed E-state index contributed by atoms with van der Waals surface area (Å²) in [6.07, 6.45) is 6.68. The van der Waals surface area contributed by atoms with Gasteiger partial charge in [-0.15, -0.1) is 13.2 Å². The predicted molar refractivity (Wildman–Crippen MR) is 163 cm³/mol. The van der Waals surface area contributed by atoms with Gasteiger partial charge in [0, 0.05) is 12.0 Å². The highest BCUT2D eigenvalue weighted by molar-refractivity contribution is 7.86. The number of halogens is 2. The van der Waals surface area contributed by atoms with Crippen molar-refractivity contribution in [1.29, 1.82) is 0 Å². The maximum atomic E-state index is 16.3. The highest BCUT2D eigenvalue weighted by Gasteiger charge is 2.33. The summed E-state index contributed by atoms with van der Waals surface area (Å²) in [4.78, 5) is 25.9. The molecule has 2 aromatic rings. The molecule has 0 unspecified atom stereocenters. The lowest BCUT2D eigenvalue weighted by Gasteiger charge is -2.24. The third-order valence-electron chi connectivity index (χ3n) is 7.25. The molecule has 1 amide bonds. The van der Waals surface area contributed by atoms with Crippen molar-refractivity contribution in [3.63, 3.8) is 0 Å². The average molecular weight is 618 g/mol. The first kappa shape index (κ1) is 34.1. The fourth-order valence-electron chi connectivity index (χ4n) is 5.23. The topological polar surface area (TPSA) is 98.8 Å². The Morgan fingerprint density at radius 1 is 1.12 bits per heavy atom. The van der Waals surface area contributed by atoms with Crippen LogP contribution in [0.3, 0.4) is 0 Å². The van der Waals surface area contributed by atoms with Gasteiger partial charge in [0.05, 0.1) is 25.3 Å². The third-order valence-corrected chi connectivity index (χ3v) is 7.84. The van der Waals surface area contributed by atoms with Gasteiger partial charge in [0.25, 0.3) is 16.0 Å². The molecule has 10 heteroatoms. The van der Waals surface area contributed by atoms with Gasteiger partial charge in [0.15, 0.2) is 6.10 Å². The van der Waals surface area contributed by atoms with Crippen molar-refractivity contribution < 1.29 is 35.7 Å². The molecule has 1 N–H and O–H groups in total. The van der Waals surface area contributed by atoms with Crippen molar-refractivity contribution in [2.24, 2.45) is 0 Å². The number of benzene rings is 2. The minimum Gasteiger partial charge on any atom is -0.466 e. The zero-order valence-electron chi connectivity index (χ0n) is 25.1. The number of allylic oxidation sites excluding steroid dienone is 1. The first-order valence-electron chi connectivity index (χ1n) is 14.6. The molecule has 0 aliphatic heterocycles. The number of carbonyl (C=O) groups excluding carboxylic acids is 2. The van der Waals surface area contributed by atoms with Crippen molar-refractivity contribution in [2.45, 2.75) is 83.3 Å². The van der Waals surface area contributed by atoms with E-state index < -0.39 is 46.4 Å². The molecule has 0 heterocycles. The molecule has 3 rings (SSSR count). The van der Waals surface area contributed by atoms with Crippen LogP contribution < -0.4 is 5.32 Å². The van der Waals surface area contributed by atoms with E-state index in [1.807, 2.05) is 6.08 Å². The predicted octanol–water partition coefficient (Wildman–Crippen LogP) is 6.75. The molecular formula is C33H41F2NO6S. The molecule has 43 heavy (non-hydrogen) atoms. The monoisotopic (exact) mass is 617 g/mol. The van der Waals surface area contributed by atoms with E-state index in [-0.39, 0.29) is 30.3 Å². The molecule has 0 aromatic heterocycles. The number of unbranched alkanes of at least 4 members (excludes halogenated alkanes) is 2. The minimum atomic E-state index is -4.02. The van der Waals surface area contributed by atoms with Crippen LogP contribution >= 0.6 is 0 Å². The number of esters is 1. The van der Waals surface area contributed by atoms with Crippen molar-refractivity contribution >= 4 is 22.0 Å². The first-order valence-corrected chi connectivity index (χ1v) is 16.4. The highest BCUT2D eigenvalue weighted by atomic mass is 32.2. The number of hydrogen-bond donors (Lipinski definition) is 1. The number of aryl methyl sites for hydroxylation is 2. The molecule has 7 nitrogen and oxygen atoms in total. The quantitative estimate of drug-likeness (QED) is 0.0913. The molecular weight excluding hydrogens is 576 g/mol. The average Bonchev–Trinajstić information content (AvgIpc) is 3.75. The van der Waals surface area contributed by atoms with E-state index >= 15 is 4.39 Å². The molecule has 1 fully saturated rings. The van der Waals surface area contributed by atoms with Crippen LogP contribution in [-0.4, -0.2) is 39.3 Å². The number of hydrogen-bond acceptors (Lipinski definition) is 6. The Morgan fingerprint density at radius 3 is 2.44 bits per heavy atom. The Labute approximate surface area is 253 Å². The van der Waals surface area contributed by atoms with Crippen LogP contribution in [0.5, 0.6) is 0 Å². The molecule has 234 valence electrons. The second-order valence-corrected chi connectivity index (χ2v) is 12.5. The van der Waals surface area contributed by atoms with Gasteiger partial charge in [-0.05, 0) is 110 Å². The summed E-state index contributed by atoms with van der Waals surface area (Å²) in [5, 5.41) is 2.64. The number of rotatable bonds is 17. The summed E-state index contributed by atoms with van der Waals surface area (Å²) in [6, 6.07) is 5.09. The molecule has 2 atom stereocenters. The number of carbonyl (C=O) groups is 2. The zero-order valence-corrected chi connectivity index (χ0v) is 25.9. The molecule has 2 aromatic carbocycles. The zero-order chi connectivity index (χ0) is 31.7. The van der Waals surface area contributed by atoms with Gasteiger partial charge in [0.2, 0.25) is 0 Å². The largest absolute Gasteiger partial charge is 0.466 e. The van der Waals surface area contributed by atoms with E-state index in [0.717, 1.165) is 49.5 Å². The van der Waals surface area contributed by atoms with Crippen LogP contribution in [0.2, 0.25) is 0 Å². The van der Waals surface area contributed by atoms with Gasteiger partial charge in [-0.3, -0.25) is 13.8 Å². The second kappa shape index (κ2) is 15.4. The summed E-state index contributed by atoms with van der Waals surface area (Å²) in [6.45, 7) is 10.8. The Hall–Kier alpha value is -3.37. The summed E-state index contributed by atoms with van der Waals surface area (Å²) >= 11 is 0. The van der Waals surface area contributed by atoms with Crippen LogP contribution in [0.4, 0.5) is 8.78 Å². The Kier molecular flexibility index (Phi) is 12.2. The van der Waals surface area contributed by atoms with E-state index in [1.165, 1.54) is 18.2 Å². The highest BCUT2D eigenvalue weighted by Crippen LogP contribution is 2.45. The number of amides is 1. The van der Waals surface area contributed by atoms with E-state index in [1.54, 1.807) is 26.0 Å².